The number of carbonyl (C=O) groups is 1. The Balaban J connectivity index is 2.50. The molecule has 1 saturated heterocycles. The quantitative estimate of drug-likeness (QED) is 0.658. The molecule has 1 heterocycles. The van der Waals surface area contributed by atoms with E-state index in [0.717, 1.165) is 6.42 Å². The molecule has 110 valence electrons. The molecular formula is C12H18N4O3S. The Hall–Kier alpha value is -1.80. The van der Waals surface area contributed by atoms with E-state index in [-0.39, 0.29) is 16.8 Å². The van der Waals surface area contributed by atoms with Gasteiger partial charge in [-0.3, -0.25) is 4.79 Å². The maximum Gasteiger partial charge on any atom is 0.242 e. The van der Waals surface area contributed by atoms with Crippen molar-refractivity contribution >= 4 is 27.3 Å². The predicted molar refractivity (Wildman–Crippen MR) is 76.7 cm³/mol. The molecule has 7 nitrogen and oxygen atoms in total. The van der Waals surface area contributed by atoms with E-state index < -0.39 is 10.0 Å². The number of nitrogen functional groups attached to an aromatic ring is 1. The zero-order valence-corrected chi connectivity index (χ0v) is 12.0. The van der Waals surface area contributed by atoms with Gasteiger partial charge in [0.15, 0.2) is 0 Å². The standard InChI is InChI=1S/C12H18N4O3S/c1-15-12(17)10-3-2-6-16(10)9-5-4-8(13)7-11(9)20(14,18)19/h4-5,7,10H,2-3,6,13H2,1H3,(H,15,17)(H2,14,18,19). The fourth-order valence-corrected chi connectivity index (χ4v) is 3.27. The van der Waals surface area contributed by atoms with E-state index >= 15 is 0 Å². The van der Waals surface area contributed by atoms with Gasteiger partial charge < -0.3 is 16.0 Å². The predicted octanol–water partition coefficient (Wildman–Crippen LogP) is -0.369. The number of amides is 1. The fraction of sp³-hybridized carbons (Fsp3) is 0.417. The van der Waals surface area contributed by atoms with E-state index in [1.807, 2.05) is 0 Å². The van der Waals surface area contributed by atoms with Gasteiger partial charge in [0.2, 0.25) is 15.9 Å². The number of rotatable bonds is 3. The highest BCUT2D eigenvalue weighted by molar-refractivity contribution is 7.89. The van der Waals surface area contributed by atoms with Gasteiger partial charge in [0.05, 0.1) is 5.69 Å². The summed E-state index contributed by atoms with van der Waals surface area (Å²) in [5.74, 6) is -0.139. The van der Waals surface area contributed by atoms with Gasteiger partial charge in [-0.25, -0.2) is 13.6 Å². The third-order valence-corrected chi connectivity index (χ3v) is 4.34. The average molecular weight is 298 g/mol. The van der Waals surface area contributed by atoms with Crippen molar-refractivity contribution in [3.05, 3.63) is 18.2 Å². The molecule has 0 aromatic heterocycles. The van der Waals surface area contributed by atoms with Crippen LogP contribution in [0.25, 0.3) is 0 Å². The van der Waals surface area contributed by atoms with Crippen molar-refractivity contribution in [2.45, 2.75) is 23.8 Å². The molecule has 0 radical (unpaired) electrons. The van der Waals surface area contributed by atoms with Crippen molar-refractivity contribution in [1.29, 1.82) is 0 Å². The number of nitrogens with one attached hydrogen (secondary N) is 1. The molecule has 1 fully saturated rings. The Morgan fingerprint density at radius 3 is 2.75 bits per heavy atom. The molecule has 5 N–H and O–H groups in total. The van der Waals surface area contributed by atoms with Crippen LogP contribution in [0.4, 0.5) is 11.4 Å². The topological polar surface area (TPSA) is 119 Å². The molecule has 1 aliphatic rings. The number of primary sulfonamides is 1. The minimum atomic E-state index is -3.90. The number of carbonyl (C=O) groups excluding carboxylic acids is 1. The average Bonchev–Trinajstić information content (AvgIpc) is 2.85. The van der Waals surface area contributed by atoms with E-state index in [4.69, 9.17) is 10.9 Å². The lowest BCUT2D eigenvalue weighted by Gasteiger charge is -2.27. The first kappa shape index (κ1) is 14.6. The third kappa shape index (κ3) is 2.70. The molecule has 0 bridgehead atoms. The van der Waals surface area contributed by atoms with Crippen molar-refractivity contribution in [1.82, 2.24) is 5.32 Å². The van der Waals surface area contributed by atoms with E-state index in [9.17, 15) is 13.2 Å². The van der Waals surface area contributed by atoms with Crippen molar-refractivity contribution in [3.63, 3.8) is 0 Å². The summed E-state index contributed by atoms with van der Waals surface area (Å²) < 4.78 is 23.4. The summed E-state index contributed by atoms with van der Waals surface area (Å²) in [6.07, 6.45) is 1.49. The van der Waals surface area contributed by atoms with Crippen LogP contribution in [0.2, 0.25) is 0 Å². The minimum absolute atomic E-state index is 0.0479. The van der Waals surface area contributed by atoms with Crippen LogP contribution in [-0.4, -0.2) is 34.0 Å². The molecule has 20 heavy (non-hydrogen) atoms. The second kappa shape index (κ2) is 5.29. The lowest BCUT2D eigenvalue weighted by atomic mass is 10.2. The second-order valence-electron chi connectivity index (χ2n) is 4.74. The van der Waals surface area contributed by atoms with Crippen molar-refractivity contribution in [2.75, 3.05) is 24.2 Å². The maximum absolute atomic E-state index is 11.9. The van der Waals surface area contributed by atoms with E-state index in [0.29, 0.717) is 24.3 Å². The molecule has 1 aromatic carbocycles. The summed E-state index contributed by atoms with van der Waals surface area (Å²) >= 11 is 0. The Kier molecular flexibility index (Phi) is 3.87. The number of sulfonamides is 1. The first-order valence-corrected chi connectivity index (χ1v) is 7.80. The van der Waals surface area contributed by atoms with Gasteiger partial charge in [-0.05, 0) is 31.0 Å². The van der Waals surface area contributed by atoms with Crippen LogP contribution in [0.1, 0.15) is 12.8 Å². The maximum atomic E-state index is 11.9. The number of nitrogens with zero attached hydrogens (tertiary/aromatic N) is 1. The van der Waals surface area contributed by atoms with E-state index in [2.05, 4.69) is 5.32 Å². The van der Waals surface area contributed by atoms with Crippen LogP contribution in [0, 0.1) is 0 Å². The number of nitrogens with two attached hydrogens (primary N) is 2. The normalized spacial score (nSPS) is 19.1. The lowest BCUT2D eigenvalue weighted by Crippen LogP contribution is -2.42. The van der Waals surface area contributed by atoms with Crippen molar-refractivity contribution in [3.8, 4) is 0 Å². The number of hydrogen-bond acceptors (Lipinski definition) is 5. The molecule has 1 atom stereocenters. The molecule has 1 unspecified atom stereocenters. The monoisotopic (exact) mass is 298 g/mol. The molecule has 1 aromatic rings. The first-order chi connectivity index (χ1) is 9.34. The molecule has 0 saturated carbocycles. The van der Waals surface area contributed by atoms with Gasteiger partial charge in [0.25, 0.3) is 0 Å². The zero-order valence-electron chi connectivity index (χ0n) is 11.2. The first-order valence-electron chi connectivity index (χ1n) is 6.25. The van der Waals surface area contributed by atoms with Gasteiger partial charge in [0, 0.05) is 19.3 Å². The van der Waals surface area contributed by atoms with Gasteiger partial charge in [-0.1, -0.05) is 0 Å². The van der Waals surface area contributed by atoms with Crippen LogP contribution in [0.3, 0.4) is 0 Å². The number of benzene rings is 1. The summed E-state index contributed by atoms with van der Waals surface area (Å²) in [4.78, 5) is 13.6. The van der Waals surface area contributed by atoms with Gasteiger partial charge in [0.1, 0.15) is 10.9 Å². The van der Waals surface area contributed by atoms with E-state index in [1.165, 1.54) is 6.07 Å². The van der Waals surface area contributed by atoms with Crippen LogP contribution >= 0.6 is 0 Å². The van der Waals surface area contributed by atoms with E-state index in [1.54, 1.807) is 24.1 Å². The summed E-state index contributed by atoms with van der Waals surface area (Å²) in [6, 6.07) is 4.13. The Labute approximate surface area is 118 Å². The molecular weight excluding hydrogens is 280 g/mol. The molecule has 8 heteroatoms. The Bertz CT molecular complexity index is 630. The highest BCUT2D eigenvalue weighted by Gasteiger charge is 2.33. The highest BCUT2D eigenvalue weighted by Crippen LogP contribution is 2.32. The van der Waals surface area contributed by atoms with Gasteiger partial charge >= 0.3 is 0 Å². The molecule has 2 rings (SSSR count). The van der Waals surface area contributed by atoms with Crippen LogP contribution in [0.5, 0.6) is 0 Å². The summed E-state index contributed by atoms with van der Waals surface area (Å²) in [7, 11) is -2.34. The minimum Gasteiger partial charge on any atom is -0.399 e. The van der Waals surface area contributed by atoms with Crippen LogP contribution in [-0.2, 0) is 14.8 Å². The Morgan fingerprint density at radius 1 is 1.45 bits per heavy atom. The fourth-order valence-electron chi connectivity index (χ4n) is 2.49. The van der Waals surface area contributed by atoms with Gasteiger partial charge in [-0.2, -0.15) is 0 Å². The van der Waals surface area contributed by atoms with Crippen LogP contribution < -0.4 is 21.1 Å². The summed E-state index contributed by atoms with van der Waals surface area (Å²) in [6.45, 7) is 0.602. The largest absolute Gasteiger partial charge is 0.399 e. The molecule has 0 aliphatic carbocycles. The summed E-state index contributed by atoms with van der Waals surface area (Å²) in [5, 5.41) is 7.83. The number of likely N-dealkylation sites (N-methyl/N-ethyl adjacent to an activating group) is 1. The van der Waals surface area contributed by atoms with Crippen molar-refractivity contribution in [2.24, 2.45) is 5.14 Å². The second-order valence-corrected chi connectivity index (χ2v) is 6.27. The number of anilines is 2. The highest BCUT2D eigenvalue weighted by atomic mass is 32.2. The smallest absolute Gasteiger partial charge is 0.242 e. The Morgan fingerprint density at radius 2 is 2.15 bits per heavy atom. The number of hydrogen-bond donors (Lipinski definition) is 3. The SMILES string of the molecule is CNC(=O)C1CCCN1c1ccc(N)cc1S(N)(=O)=O. The van der Waals surface area contributed by atoms with Crippen molar-refractivity contribution < 1.29 is 13.2 Å². The van der Waals surface area contributed by atoms with Gasteiger partial charge in [-0.15, -0.1) is 0 Å². The molecule has 0 spiro atoms. The third-order valence-electron chi connectivity index (χ3n) is 3.40. The van der Waals surface area contributed by atoms with Crippen LogP contribution in [0.15, 0.2) is 23.1 Å². The molecule has 1 aliphatic heterocycles. The lowest BCUT2D eigenvalue weighted by molar-refractivity contribution is -0.121. The zero-order chi connectivity index (χ0) is 14.9. The summed E-state index contributed by atoms with van der Waals surface area (Å²) in [5.41, 5.74) is 6.36. The molecule has 1 amide bonds.